The summed E-state index contributed by atoms with van der Waals surface area (Å²) >= 11 is 6.10. The number of Topliss-reactive ketones (excluding diaryl/α,β-unsaturated/α-hetero) is 1. The summed E-state index contributed by atoms with van der Waals surface area (Å²) in [4.78, 5) is 26.2. The maximum Gasteiger partial charge on any atom is 0.410 e. The van der Waals surface area contributed by atoms with Gasteiger partial charge in [-0.25, -0.2) is 4.79 Å². The number of nitrogens with zero attached hydrogens (tertiary/aromatic N) is 1. The fourth-order valence-corrected chi connectivity index (χ4v) is 3.59. The van der Waals surface area contributed by atoms with Gasteiger partial charge in [0, 0.05) is 35.5 Å². The third-order valence-electron chi connectivity index (χ3n) is 4.36. The number of likely N-dealkylation sites (tertiary alicyclic amines) is 1. The van der Waals surface area contributed by atoms with E-state index in [2.05, 4.69) is 0 Å². The maximum absolute atomic E-state index is 12.3. The molecule has 4 nitrogen and oxygen atoms in total. The van der Waals surface area contributed by atoms with Crippen LogP contribution in [-0.4, -0.2) is 35.5 Å². The van der Waals surface area contributed by atoms with Gasteiger partial charge in [-0.05, 0) is 51.0 Å². The molecule has 0 bridgehead atoms. The van der Waals surface area contributed by atoms with Crippen LogP contribution < -0.4 is 0 Å². The second-order valence-electron chi connectivity index (χ2n) is 7.22. The Labute approximate surface area is 135 Å². The molecule has 1 fully saturated rings. The number of amides is 1. The quantitative estimate of drug-likeness (QED) is 0.730. The highest BCUT2D eigenvalue weighted by Crippen LogP contribution is 2.46. The Morgan fingerprint density at radius 2 is 2.09 bits per heavy atom. The predicted molar refractivity (Wildman–Crippen MR) is 84.5 cm³/mol. The minimum atomic E-state index is -0.514. The van der Waals surface area contributed by atoms with Crippen LogP contribution in [0.4, 0.5) is 4.79 Å². The molecule has 1 heterocycles. The molecule has 0 radical (unpaired) electrons. The van der Waals surface area contributed by atoms with E-state index >= 15 is 0 Å². The van der Waals surface area contributed by atoms with Crippen molar-refractivity contribution in [3.8, 4) is 0 Å². The van der Waals surface area contributed by atoms with Crippen molar-refractivity contribution < 1.29 is 14.3 Å². The maximum atomic E-state index is 12.3. The van der Waals surface area contributed by atoms with Gasteiger partial charge >= 0.3 is 6.09 Å². The molecule has 1 atom stereocenters. The lowest BCUT2D eigenvalue weighted by molar-refractivity contribution is 0.0283. The molecule has 118 valence electrons. The number of carbonyl (C=O) groups excluding carboxylic acids is 2. The minimum Gasteiger partial charge on any atom is -0.444 e. The van der Waals surface area contributed by atoms with E-state index < -0.39 is 5.60 Å². The minimum absolute atomic E-state index is 0.137. The zero-order valence-electron chi connectivity index (χ0n) is 13.1. The van der Waals surface area contributed by atoms with E-state index in [1.165, 1.54) is 0 Å². The lowest BCUT2D eigenvalue weighted by Gasteiger charge is -2.27. The molecule has 1 aliphatic carbocycles. The number of fused-ring (bicyclic) bond motifs is 2. The molecule has 1 spiro atoms. The zero-order chi connectivity index (χ0) is 16.1. The summed E-state index contributed by atoms with van der Waals surface area (Å²) < 4.78 is 5.44. The Balaban J connectivity index is 1.85. The summed E-state index contributed by atoms with van der Waals surface area (Å²) in [5, 5.41) is 0.628. The van der Waals surface area contributed by atoms with Gasteiger partial charge in [-0.2, -0.15) is 0 Å². The van der Waals surface area contributed by atoms with Crippen molar-refractivity contribution in [3.63, 3.8) is 0 Å². The topological polar surface area (TPSA) is 46.6 Å². The van der Waals surface area contributed by atoms with Crippen LogP contribution >= 0.6 is 11.6 Å². The average molecular weight is 322 g/mol. The van der Waals surface area contributed by atoms with E-state index in [9.17, 15) is 9.59 Å². The Kier molecular flexibility index (Phi) is 3.48. The molecule has 1 unspecified atom stereocenters. The largest absolute Gasteiger partial charge is 0.444 e. The Morgan fingerprint density at radius 1 is 1.36 bits per heavy atom. The van der Waals surface area contributed by atoms with Crippen LogP contribution in [0.15, 0.2) is 18.2 Å². The van der Waals surface area contributed by atoms with Gasteiger partial charge in [0.25, 0.3) is 0 Å². The van der Waals surface area contributed by atoms with Crippen LogP contribution in [0.2, 0.25) is 5.02 Å². The molecule has 0 saturated carbocycles. The monoisotopic (exact) mass is 321 g/mol. The number of rotatable bonds is 0. The summed E-state index contributed by atoms with van der Waals surface area (Å²) in [5.41, 5.74) is 0.917. The van der Waals surface area contributed by atoms with Gasteiger partial charge in [0.1, 0.15) is 5.60 Å². The highest BCUT2D eigenvalue weighted by Gasteiger charge is 2.49. The summed E-state index contributed by atoms with van der Waals surface area (Å²) in [6, 6.07) is 5.42. The Morgan fingerprint density at radius 3 is 2.77 bits per heavy atom. The van der Waals surface area contributed by atoms with E-state index in [4.69, 9.17) is 16.3 Å². The van der Waals surface area contributed by atoms with Gasteiger partial charge < -0.3 is 9.64 Å². The summed E-state index contributed by atoms with van der Waals surface area (Å²) in [7, 11) is 0. The zero-order valence-corrected chi connectivity index (χ0v) is 13.9. The van der Waals surface area contributed by atoms with Crippen LogP contribution in [0.3, 0.4) is 0 Å². The second-order valence-corrected chi connectivity index (χ2v) is 7.66. The van der Waals surface area contributed by atoms with E-state index in [0.717, 1.165) is 17.5 Å². The van der Waals surface area contributed by atoms with Crippen LogP contribution in [-0.2, 0) is 10.2 Å². The number of ketones is 1. The molecule has 22 heavy (non-hydrogen) atoms. The lowest BCUT2D eigenvalue weighted by Crippen LogP contribution is -2.37. The predicted octanol–water partition coefficient (Wildman–Crippen LogP) is 3.81. The van der Waals surface area contributed by atoms with Gasteiger partial charge in [-0.3, -0.25) is 4.79 Å². The number of hydrogen-bond donors (Lipinski definition) is 0. The first-order valence-corrected chi connectivity index (χ1v) is 7.89. The molecule has 0 N–H and O–H groups in total. The highest BCUT2D eigenvalue weighted by molar-refractivity contribution is 6.30. The number of carbonyl (C=O) groups is 2. The van der Waals surface area contributed by atoms with Crippen molar-refractivity contribution in [2.75, 3.05) is 13.1 Å². The SMILES string of the molecule is CC(C)(C)OC(=O)N1CCC2(CC(=O)c3ccc(Cl)cc32)C1. The van der Waals surface area contributed by atoms with Crippen molar-refractivity contribution in [2.45, 2.75) is 44.6 Å². The van der Waals surface area contributed by atoms with Crippen molar-refractivity contribution >= 4 is 23.5 Å². The first-order chi connectivity index (χ1) is 10.2. The van der Waals surface area contributed by atoms with Crippen LogP contribution in [0.1, 0.15) is 49.5 Å². The third-order valence-corrected chi connectivity index (χ3v) is 4.59. The first-order valence-electron chi connectivity index (χ1n) is 7.51. The summed E-state index contributed by atoms with van der Waals surface area (Å²) in [6.45, 7) is 6.68. The molecule has 1 saturated heterocycles. The molecule has 3 rings (SSSR count). The van der Waals surface area contributed by atoms with E-state index in [-0.39, 0.29) is 17.3 Å². The van der Waals surface area contributed by atoms with E-state index in [1.807, 2.05) is 26.8 Å². The van der Waals surface area contributed by atoms with E-state index in [1.54, 1.807) is 17.0 Å². The van der Waals surface area contributed by atoms with Crippen molar-refractivity contribution in [1.29, 1.82) is 0 Å². The molecule has 1 aromatic carbocycles. The van der Waals surface area contributed by atoms with Crippen molar-refractivity contribution in [1.82, 2.24) is 4.90 Å². The first kappa shape index (κ1) is 15.3. The fourth-order valence-electron chi connectivity index (χ4n) is 3.42. The molecular weight excluding hydrogens is 302 g/mol. The molecule has 2 aliphatic rings. The number of halogens is 1. The highest BCUT2D eigenvalue weighted by atomic mass is 35.5. The van der Waals surface area contributed by atoms with Crippen molar-refractivity contribution in [3.05, 3.63) is 34.3 Å². The average Bonchev–Trinajstić information content (AvgIpc) is 2.92. The second kappa shape index (κ2) is 4.98. The van der Waals surface area contributed by atoms with Crippen LogP contribution in [0.25, 0.3) is 0 Å². The van der Waals surface area contributed by atoms with Gasteiger partial charge in [0.05, 0.1) is 0 Å². The number of benzene rings is 1. The van der Waals surface area contributed by atoms with Gasteiger partial charge in [-0.1, -0.05) is 11.6 Å². The lowest BCUT2D eigenvalue weighted by atomic mass is 9.81. The molecule has 1 amide bonds. The summed E-state index contributed by atoms with van der Waals surface area (Å²) in [6.07, 6.45) is 0.903. The van der Waals surface area contributed by atoms with Crippen LogP contribution in [0.5, 0.6) is 0 Å². The molecule has 0 aromatic heterocycles. The number of hydrogen-bond acceptors (Lipinski definition) is 3. The Hall–Kier alpha value is -1.55. The molecule has 5 heteroatoms. The Bertz CT molecular complexity index is 650. The smallest absolute Gasteiger partial charge is 0.410 e. The summed E-state index contributed by atoms with van der Waals surface area (Å²) in [5.74, 6) is 0.137. The fraction of sp³-hybridized carbons (Fsp3) is 0.529. The molecule has 1 aromatic rings. The normalized spacial score (nSPS) is 24.0. The van der Waals surface area contributed by atoms with E-state index in [0.29, 0.717) is 24.5 Å². The van der Waals surface area contributed by atoms with Crippen LogP contribution in [0, 0.1) is 0 Å². The molecule has 1 aliphatic heterocycles. The van der Waals surface area contributed by atoms with Gasteiger partial charge in [-0.15, -0.1) is 0 Å². The van der Waals surface area contributed by atoms with Gasteiger partial charge in [0.2, 0.25) is 0 Å². The van der Waals surface area contributed by atoms with Gasteiger partial charge in [0.15, 0.2) is 5.78 Å². The van der Waals surface area contributed by atoms with Crippen molar-refractivity contribution in [2.24, 2.45) is 0 Å². The molecular formula is C17H20ClNO3. The number of ether oxygens (including phenoxy) is 1. The third kappa shape index (κ3) is 2.60. The standard InChI is InChI=1S/C17H20ClNO3/c1-16(2,3)22-15(21)19-7-6-17(10-19)9-14(20)12-5-4-11(18)8-13(12)17/h4-5,8H,6-7,9-10H2,1-3H3.